The molecule has 0 radical (unpaired) electrons. The van der Waals surface area contributed by atoms with Crippen molar-refractivity contribution in [3.05, 3.63) is 47.3 Å². The highest BCUT2D eigenvalue weighted by Crippen LogP contribution is 2.21. The van der Waals surface area contributed by atoms with E-state index in [0.29, 0.717) is 11.4 Å². The number of carbonyl (C=O) groups excluding carboxylic acids is 1. The second kappa shape index (κ2) is 5.48. The number of methoxy groups -OCH3 is 2. The molecule has 0 aliphatic rings. The van der Waals surface area contributed by atoms with Crippen LogP contribution in [0.2, 0.25) is 0 Å². The molecule has 1 aromatic heterocycles. The fourth-order valence-corrected chi connectivity index (χ4v) is 1.71. The van der Waals surface area contributed by atoms with Crippen molar-refractivity contribution in [2.75, 3.05) is 14.2 Å². The molecule has 0 N–H and O–H groups in total. The van der Waals surface area contributed by atoms with Gasteiger partial charge in [-0.3, -0.25) is 4.79 Å². The summed E-state index contributed by atoms with van der Waals surface area (Å²) >= 11 is 0. The lowest BCUT2D eigenvalue weighted by atomic mass is 10.0. The van der Waals surface area contributed by atoms with Crippen molar-refractivity contribution in [1.82, 2.24) is 9.97 Å². The van der Waals surface area contributed by atoms with Crippen molar-refractivity contribution in [2.24, 2.45) is 0 Å². The zero-order valence-electron chi connectivity index (χ0n) is 11.0. The van der Waals surface area contributed by atoms with Gasteiger partial charge in [0.1, 0.15) is 0 Å². The van der Waals surface area contributed by atoms with Gasteiger partial charge >= 0.3 is 0 Å². The van der Waals surface area contributed by atoms with Gasteiger partial charge in [-0.15, -0.1) is 0 Å². The number of ketones is 1. The third-order valence-corrected chi connectivity index (χ3v) is 2.73. The van der Waals surface area contributed by atoms with Crippen LogP contribution in [-0.4, -0.2) is 30.0 Å². The lowest BCUT2D eigenvalue weighted by Gasteiger charge is -2.08. The van der Waals surface area contributed by atoms with E-state index in [9.17, 15) is 4.79 Å². The normalized spacial score (nSPS) is 10.1. The van der Waals surface area contributed by atoms with Crippen molar-refractivity contribution in [3.8, 4) is 11.8 Å². The molecular formula is C14H14N2O3. The van der Waals surface area contributed by atoms with Gasteiger partial charge in [-0.1, -0.05) is 24.3 Å². The average molecular weight is 258 g/mol. The molecule has 0 unspecified atom stereocenters. The summed E-state index contributed by atoms with van der Waals surface area (Å²) in [5.74, 6) is 0.246. The first-order valence-electron chi connectivity index (χ1n) is 5.72. The summed E-state index contributed by atoms with van der Waals surface area (Å²) in [5.41, 5.74) is 1.64. The summed E-state index contributed by atoms with van der Waals surface area (Å²) < 4.78 is 10.1. The van der Waals surface area contributed by atoms with Crippen LogP contribution in [0.5, 0.6) is 11.8 Å². The van der Waals surface area contributed by atoms with Crippen LogP contribution in [0.25, 0.3) is 0 Å². The van der Waals surface area contributed by atoms with Crippen LogP contribution < -0.4 is 9.47 Å². The van der Waals surface area contributed by atoms with Gasteiger partial charge in [0.05, 0.1) is 20.4 Å². The SMILES string of the molecule is COc1cnc(C(=O)c2ccccc2C)c(OC)n1. The molecule has 19 heavy (non-hydrogen) atoms. The van der Waals surface area contributed by atoms with Crippen molar-refractivity contribution in [3.63, 3.8) is 0 Å². The molecule has 0 saturated heterocycles. The standard InChI is InChI=1S/C14H14N2O3/c1-9-6-4-5-7-10(9)13(17)12-14(19-3)16-11(18-2)8-15-12/h4-8H,1-3H3. The molecule has 98 valence electrons. The van der Waals surface area contributed by atoms with Gasteiger partial charge < -0.3 is 9.47 Å². The van der Waals surface area contributed by atoms with Gasteiger partial charge in [0.25, 0.3) is 0 Å². The molecular weight excluding hydrogens is 244 g/mol. The van der Waals surface area contributed by atoms with Crippen molar-refractivity contribution in [2.45, 2.75) is 6.92 Å². The Morgan fingerprint density at radius 3 is 2.53 bits per heavy atom. The largest absolute Gasteiger partial charge is 0.480 e. The zero-order valence-corrected chi connectivity index (χ0v) is 11.0. The van der Waals surface area contributed by atoms with Gasteiger partial charge in [0.2, 0.25) is 17.5 Å². The number of hydrogen-bond donors (Lipinski definition) is 0. The molecule has 0 atom stereocenters. The van der Waals surface area contributed by atoms with Crippen LogP contribution in [0.15, 0.2) is 30.5 Å². The third-order valence-electron chi connectivity index (χ3n) is 2.73. The first kappa shape index (κ1) is 13.0. The predicted octanol–water partition coefficient (Wildman–Crippen LogP) is 2.03. The molecule has 0 amide bonds. The summed E-state index contributed by atoms with van der Waals surface area (Å²) in [5, 5.41) is 0. The molecule has 0 aliphatic carbocycles. The Balaban J connectivity index is 2.47. The number of carbonyl (C=O) groups is 1. The van der Waals surface area contributed by atoms with Gasteiger partial charge in [-0.25, -0.2) is 4.98 Å². The van der Waals surface area contributed by atoms with Crippen LogP contribution in [0, 0.1) is 6.92 Å². The maximum atomic E-state index is 12.4. The smallest absolute Gasteiger partial charge is 0.247 e. The van der Waals surface area contributed by atoms with E-state index in [0.717, 1.165) is 5.56 Å². The fraction of sp³-hybridized carbons (Fsp3) is 0.214. The molecule has 0 bridgehead atoms. The lowest BCUT2D eigenvalue weighted by molar-refractivity contribution is 0.102. The molecule has 5 nitrogen and oxygen atoms in total. The predicted molar refractivity (Wildman–Crippen MR) is 69.7 cm³/mol. The number of rotatable bonds is 4. The molecule has 1 aromatic carbocycles. The van der Waals surface area contributed by atoms with Crippen LogP contribution >= 0.6 is 0 Å². The van der Waals surface area contributed by atoms with E-state index in [1.807, 2.05) is 25.1 Å². The number of benzene rings is 1. The number of aryl methyl sites for hydroxylation is 1. The third kappa shape index (κ3) is 2.54. The number of nitrogens with zero attached hydrogens (tertiary/aromatic N) is 2. The van der Waals surface area contributed by atoms with Gasteiger partial charge in [0.15, 0.2) is 5.69 Å². The van der Waals surface area contributed by atoms with Crippen molar-refractivity contribution >= 4 is 5.78 Å². The Labute approximate surface area is 111 Å². The summed E-state index contributed by atoms with van der Waals surface area (Å²) in [6, 6.07) is 7.31. The Bertz CT molecular complexity index is 611. The quantitative estimate of drug-likeness (QED) is 0.785. The van der Waals surface area contributed by atoms with E-state index in [2.05, 4.69) is 9.97 Å². The second-order valence-corrected chi connectivity index (χ2v) is 3.91. The van der Waals surface area contributed by atoms with E-state index in [4.69, 9.17) is 9.47 Å². The summed E-state index contributed by atoms with van der Waals surface area (Å²) in [6.07, 6.45) is 1.40. The lowest BCUT2D eigenvalue weighted by Crippen LogP contribution is -2.10. The summed E-state index contributed by atoms with van der Waals surface area (Å²) in [4.78, 5) is 20.6. The molecule has 2 aromatic rings. The molecule has 1 heterocycles. The van der Waals surface area contributed by atoms with Gasteiger partial charge in [-0.2, -0.15) is 4.98 Å². The van der Waals surface area contributed by atoms with Gasteiger partial charge in [-0.05, 0) is 12.5 Å². The van der Waals surface area contributed by atoms with E-state index >= 15 is 0 Å². The van der Waals surface area contributed by atoms with Crippen LogP contribution in [0.1, 0.15) is 21.6 Å². The maximum absolute atomic E-state index is 12.4. The van der Waals surface area contributed by atoms with Crippen LogP contribution in [-0.2, 0) is 0 Å². The maximum Gasteiger partial charge on any atom is 0.247 e. The zero-order chi connectivity index (χ0) is 13.8. The minimum absolute atomic E-state index is 0.160. The average Bonchev–Trinajstić information content (AvgIpc) is 2.46. The minimum atomic E-state index is -0.217. The number of ether oxygens (including phenoxy) is 2. The van der Waals surface area contributed by atoms with E-state index in [1.54, 1.807) is 6.07 Å². The first-order chi connectivity index (χ1) is 9.17. The monoisotopic (exact) mass is 258 g/mol. The second-order valence-electron chi connectivity index (χ2n) is 3.91. The Hall–Kier alpha value is -2.43. The minimum Gasteiger partial charge on any atom is -0.480 e. The van der Waals surface area contributed by atoms with E-state index in [-0.39, 0.29) is 17.4 Å². The molecule has 0 saturated carbocycles. The van der Waals surface area contributed by atoms with Crippen molar-refractivity contribution < 1.29 is 14.3 Å². The van der Waals surface area contributed by atoms with E-state index in [1.165, 1.54) is 20.4 Å². The van der Waals surface area contributed by atoms with E-state index < -0.39 is 0 Å². The first-order valence-corrected chi connectivity index (χ1v) is 5.72. The highest BCUT2D eigenvalue weighted by atomic mass is 16.5. The number of aromatic nitrogens is 2. The highest BCUT2D eigenvalue weighted by molar-refractivity contribution is 6.09. The molecule has 0 fully saturated rings. The fourth-order valence-electron chi connectivity index (χ4n) is 1.71. The van der Waals surface area contributed by atoms with Crippen LogP contribution in [0.3, 0.4) is 0 Å². The molecule has 5 heteroatoms. The molecule has 0 spiro atoms. The highest BCUT2D eigenvalue weighted by Gasteiger charge is 2.19. The summed E-state index contributed by atoms with van der Waals surface area (Å²) in [7, 11) is 2.92. The van der Waals surface area contributed by atoms with Crippen molar-refractivity contribution in [1.29, 1.82) is 0 Å². The Kier molecular flexibility index (Phi) is 3.75. The Morgan fingerprint density at radius 2 is 1.89 bits per heavy atom. The Morgan fingerprint density at radius 1 is 1.16 bits per heavy atom. The topological polar surface area (TPSA) is 61.3 Å². The number of hydrogen-bond acceptors (Lipinski definition) is 5. The molecule has 0 aliphatic heterocycles. The summed E-state index contributed by atoms with van der Waals surface area (Å²) in [6.45, 7) is 1.87. The van der Waals surface area contributed by atoms with Gasteiger partial charge in [0, 0.05) is 5.56 Å². The van der Waals surface area contributed by atoms with Crippen LogP contribution in [0.4, 0.5) is 0 Å². The molecule has 2 rings (SSSR count).